The van der Waals surface area contributed by atoms with Gasteiger partial charge < -0.3 is 4.74 Å². The summed E-state index contributed by atoms with van der Waals surface area (Å²) in [6, 6.07) is 0. The predicted molar refractivity (Wildman–Crippen MR) is 41.7 cm³/mol. The minimum absolute atomic E-state index is 0.0177. The maximum Gasteiger partial charge on any atom is 0.334 e. The van der Waals surface area contributed by atoms with E-state index in [1.54, 1.807) is 0 Å². The first-order chi connectivity index (χ1) is 5.34. The molecule has 11 heavy (non-hydrogen) atoms. The number of ether oxygens (including phenoxy) is 1. The summed E-state index contributed by atoms with van der Waals surface area (Å²) in [7, 11) is 0. The van der Waals surface area contributed by atoms with Gasteiger partial charge in [0, 0.05) is 5.57 Å². The molecule has 0 amide bonds. The zero-order valence-electron chi connectivity index (χ0n) is 6.51. The molecule has 1 aliphatic rings. The van der Waals surface area contributed by atoms with Crippen LogP contribution in [0.1, 0.15) is 25.7 Å². The summed E-state index contributed by atoms with van der Waals surface area (Å²) in [5.41, 5.74) is 5.86. The van der Waals surface area contributed by atoms with Crippen LogP contribution in [0, 0.1) is 0 Å². The molecule has 0 unspecified atom stereocenters. The van der Waals surface area contributed by atoms with Crippen LogP contribution in [0.2, 0.25) is 0 Å². The summed E-state index contributed by atoms with van der Waals surface area (Å²) < 4.78 is 4.65. The number of esters is 1. The largest absolute Gasteiger partial charge is 0.447 e. The monoisotopic (exact) mass is 155 g/mol. The molecule has 0 radical (unpaired) electrons. The molecule has 0 spiro atoms. The first-order valence-electron chi connectivity index (χ1n) is 3.91. The van der Waals surface area contributed by atoms with Crippen LogP contribution in [0.4, 0.5) is 0 Å². The van der Waals surface area contributed by atoms with Gasteiger partial charge in [-0.2, -0.15) is 0 Å². The third-order valence-corrected chi connectivity index (χ3v) is 1.77. The molecule has 0 atom stereocenters. The second-order valence-corrected chi connectivity index (χ2v) is 2.57. The van der Waals surface area contributed by atoms with Gasteiger partial charge in [-0.05, 0) is 25.7 Å². The minimum Gasteiger partial charge on any atom is -0.447 e. The highest BCUT2D eigenvalue weighted by Crippen LogP contribution is 2.17. The van der Waals surface area contributed by atoms with Crippen molar-refractivity contribution in [3.8, 4) is 0 Å². The smallest absolute Gasteiger partial charge is 0.334 e. The first-order valence-corrected chi connectivity index (χ1v) is 3.91. The van der Waals surface area contributed by atoms with Gasteiger partial charge in [0.15, 0.2) is 0 Å². The highest BCUT2D eigenvalue weighted by Gasteiger charge is 2.12. The van der Waals surface area contributed by atoms with Gasteiger partial charge in [-0.1, -0.05) is 6.08 Å². The molecule has 0 aliphatic heterocycles. The third-order valence-electron chi connectivity index (χ3n) is 1.77. The van der Waals surface area contributed by atoms with Crippen molar-refractivity contribution >= 4 is 5.97 Å². The lowest BCUT2D eigenvalue weighted by Crippen LogP contribution is -2.15. The van der Waals surface area contributed by atoms with E-state index in [9.17, 15) is 4.79 Å². The van der Waals surface area contributed by atoms with Crippen LogP contribution in [0.5, 0.6) is 0 Å². The van der Waals surface area contributed by atoms with Gasteiger partial charge >= 0.3 is 5.97 Å². The van der Waals surface area contributed by atoms with Crippen molar-refractivity contribution in [1.29, 1.82) is 0 Å². The van der Waals surface area contributed by atoms with Crippen LogP contribution < -0.4 is 5.73 Å². The van der Waals surface area contributed by atoms with E-state index in [0.29, 0.717) is 0 Å². The van der Waals surface area contributed by atoms with Gasteiger partial charge in [0.2, 0.25) is 0 Å². The van der Waals surface area contributed by atoms with E-state index < -0.39 is 0 Å². The Morgan fingerprint density at radius 2 is 2.45 bits per heavy atom. The second kappa shape index (κ2) is 4.13. The molecule has 0 saturated carbocycles. The third kappa shape index (κ3) is 2.35. The molecular weight excluding hydrogens is 142 g/mol. The highest BCUT2D eigenvalue weighted by atomic mass is 16.5. The molecule has 0 bridgehead atoms. The van der Waals surface area contributed by atoms with Gasteiger partial charge in [0.05, 0.1) is 0 Å². The van der Waals surface area contributed by atoms with Gasteiger partial charge in [-0.15, -0.1) is 0 Å². The van der Waals surface area contributed by atoms with E-state index >= 15 is 0 Å². The fourth-order valence-electron chi connectivity index (χ4n) is 1.19. The summed E-state index contributed by atoms with van der Waals surface area (Å²) in [5, 5.41) is 0. The van der Waals surface area contributed by atoms with Crippen molar-refractivity contribution in [2.24, 2.45) is 5.73 Å². The van der Waals surface area contributed by atoms with E-state index in [2.05, 4.69) is 4.74 Å². The molecule has 0 heterocycles. The van der Waals surface area contributed by atoms with E-state index in [4.69, 9.17) is 5.73 Å². The van der Waals surface area contributed by atoms with E-state index in [1.807, 2.05) is 6.08 Å². The fraction of sp³-hybridized carbons (Fsp3) is 0.625. The van der Waals surface area contributed by atoms with Crippen LogP contribution in [0.15, 0.2) is 11.6 Å². The highest BCUT2D eigenvalue weighted by molar-refractivity contribution is 5.88. The Labute approximate surface area is 66.2 Å². The van der Waals surface area contributed by atoms with Crippen molar-refractivity contribution in [3.05, 3.63) is 11.6 Å². The Balaban J connectivity index is 2.44. The van der Waals surface area contributed by atoms with Crippen LogP contribution in [-0.2, 0) is 9.53 Å². The van der Waals surface area contributed by atoms with Crippen molar-refractivity contribution < 1.29 is 9.53 Å². The maximum atomic E-state index is 11.0. The predicted octanol–water partition coefficient (Wildman–Crippen LogP) is 0.946. The summed E-state index contributed by atoms with van der Waals surface area (Å²) in [6.45, 7) is -0.0177. The van der Waals surface area contributed by atoms with Crippen LogP contribution in [0.3, 0.4) is 0 Å². The zero-order chi connectivity index (χ0) is 8.10. The summed E-state index contributed by atoms with van der Waals surface area (Å²) in [4.78, 5) is 11.0. The van der Waals surface area contributed by atoms with E-state index in [1.165, 1.54) is 6.42 Å². The Bertz CT molecular complexity index is 175. The van der Waals surface area contributed by atoms with Gasteiger partial charge in [0.1, 0.15) is 6.73 Å². The molecule has 0 aromatic heterocycles. The van der Waals surface area contributed by atoms with Gasteiger partial charge in [0.25, 0.3) is 0 Å². The number of carbonyl (C=O) groups excluding carboxylic acids is 1. The van der Waals surface area contributed by atoms with E-state index in [0.717, 1.165) is 24.8 Å². The lowest BCUT2D eigenvalue weighted by atomic mass is 10.00. The number of allylic oxidation sites excluding steroid dienone is 1. The fourth-order valence-corrected chi connectivity index (χ4v) is 1.19. The van der Waals surface area contributed by atoms with Crippen LogP contribution in [0.25, 0.3) is 0 Å². The van der Waals surface area contributed by atoms with E-state index in [-0.39, 0.29) is 12.7 Å². The summed E-state index contributed by atoms with van der Waals surface area (Å²) in [6.07, 6.45) is 6.06. The second-order valence-electron chi connectivity index (χ2n) is 2.57. The van der Waals surface area contributed by atoms with Crippen molar-refractivity contribution in [2.75, 3.05) is 6.73 Å². The Morgan fingerprint density at radius 3 is 3.00 bits per heavy atom. The van der Waals surface area contributed by atoms with Crippen molar-refractivity contribution in [1.82, 2.24) is 0 Å². The van der Waals surface area contributed by atoms with Crippen LogP contribution >= 0.6 is 0 Å². The van der Waals surface area contributed by atoms with Crippen LogP contribution in [-0.4, -0.2) is 12.7 Å². The SMILES string of the molecule is NCOC(=O)C1=CCCCC1. The molecular formula is C8H13NO2. The molecule has 2 N–H and O–H groups in total. The average Bonchev–Trinajstić information content (AvgIpc) is 2.07. The Kier molecular flexibility index (Phi) is 3.11. The molecule has 1 rings (SSSR count). The zero-order valence-corrected chi connectivity index (χ0v) is 6.51. The minimum atomic E-state index is -0.243. The van der Waals surface area contributed by atoms with Crippen molar-refractivity contribution in [3.63, 3.8) is 0 Å². The molecule has 3 nitrogen and oxygen atoms in total. The normalized spacial score (nSPS) is 17.4. The maximum absolute atomic E-state index is 11.0. The number of nitrogens with two attached hydrogens (primary N) is 1. The number of hydrogen-bond acceptors (Lipinski definition) is 3. The number of rotatable bonds is 2. The Hall–Kier alpha value is -0.830. The Morgan fingerprint density at radius 1 is 1.64 bits per heavy atom. The summed E-state index contributed by atoms with van der Waals surface area (Å²) >= 11 is 0. The first kappa shape index (κ1) is 8.27. The van der Waals surface area contributed by atoms with Gasteiger partial charge in [-0.25, -0.2) is 4.79 Å². The molecule has 3 heteroatoms. The molecule has 0 aromatic rings. The lowest BCUT2D eigenvalue weighted by molar-refractivity contribution is -0.139. The molecule has 1 aliphatic carbocycles. The number of carbonyl (C=O) groups is 1. The quantitative estimate of drug-likeness (QED) is 0.477. The van der Waals surface area contributed by atoms with Gasteiger partial charge in [-0.3, -0.25) is 5.73 Å². The molecule has 62 valence electrons. The van der Waals surface area contributed by atoms with Crippen molar-refractivity contribution in [2.45, 2.75) is 25.7 Å². The topological polar surface area (TPSA) is 52.3 Å². The molecule has 0 fully saturated rings. The standard InChI is InChI=1S/C8H13NO2/c9-6-11-8(10)7-4-2-1-3-5-7/h4H,1-3,5-6,9H2. The lowest BCUT2D eigenvalue weighted by Gasteiger charge is -2.10. The molecule has 0 aromatic carbocycles. The average molecular weight is 155 g/mol. The summed E-state index contributed by atoms with van der Waals surface area (Å²) in [5.74, 6) is -0.243. The number of hydrogen-bond donors (Lipinski definition) is 1. The molecule has 0 saturated heterocycles.